The quantitative estimate of drug-likeness (QED) is 0.228. The van der Waals surface area contributed by atoms with E-state index in [9.17, 15) is 35.9 Å². The number of alkyl halides is 6. The SMILES string of the molecule is O=C1SC(=Cc2ccc3c(cnn3Cc3ccc(C(F)(F)F)cc3C(F)(F)F)c2)C(=O)N1CCn1cncn1. The fourth-order valence-corrected chi connectivity index (χ4v) is 4.90. The molecule has 5 rings (SSSR count). The van der Waals surface area contributed by atoms with Gasteiger partial charge in [-0.1, -0.05) is 12.1 Å². The molecule has 0 aliphatic carbocycles. The molecule has 0 bridgehead atoms. The van der Waals surface area contributed by atoms with Crippen molar-refractivity contribution in [1.29, 1.82) is 0 Å². The summed E-state index contributed by atoms with van der Waals surface area (Å²) in [6, 6.07) is 6.30. The van der Waals surface area contributed by atoms with E-state index in [1.54, 1.807) is 18.2 Å². The maximum Gasteiger partial charge on any atom is 0.416 e. The maximum absolute atomic E-state index is 13.5. The lowest BCUT2D eigenvalue weighted by Crippen LogP contribution is -2.31. The van der Waals surface area contributed by atoms with Gasteiger partial charge in [0.25, 0.3) is 11.1 Å². The van der Waals surface area contributed by atoms with Gasteiger partial charge in [-0.15, -0.1) is 0 Å². The molecule has 2 amide bonds. The number of amides is 2. The molecule has 0 unspecified atom stereocenters. The normalized spacial score (nSPS) is 15.7. The fourth-order valence-electron chi connectivity index (χ4n) is 4.03. The molecule has 1 saturated heterocycles. The summed E-state index contributed by atoms with van der Waals surface area (Å²) in [5.41, 5.74) is -2.17. The van der Waals surface area contributed by atoms with Crippen molar-refractivity contribution in [2.24, 2.45) is 0 Å². The van der Waals surface area contributed by atoms with Crippen LogP contribution in [0.25, 0.3) is 17.0 Å². The number of imide groups is 1. The third kappa shape index (κ3) is 5.53. The van der Waals surface area contributed by atoms with Crippen LogP contribution in [0, 0.1) is 0 Å². The lowest BCUT2D eigenvalue weighted by Gasteiger charge is -2.16. The number of nitrogens with zero attached hydrogens (tertiary/aromatic N) is 6. The molecule has 39 heavy (non-hydrogen) atoms. The van der Waals surface area contributed by atoms with Crippen molar-refractivity contribution in [2.45, 2.75) is 25.4 Å². The zero-order chi connectivity index (χ0) is 27.9. The summed E-state index contributed by atoms with van der Waals surface area (Å²) in [6.07, 6.45) is -4.19. The van der Waals surface area contributed by atoms with Gasteiger partial charge in [0.1, 0.15) is 12.7 Å². The molecule has 15 heteroatoms. The van der Waals surface area contributed by atoms with Gasteiger partial charge in [0.15, 0.2) is 0 Å². The monoisotopic (exact) mass is 566 g/mol. The first kappa shape index (κ1) is 26.5. The average molecular weight is 566 g/mol. The highest BCUT2D eigenvalue weighted by molar-refractivity contribution is 8.18. The number of fused-ring (bicyclic) bond motifs is 1. The molecule has 0 radical (unpaired) electrons. The first-order valence-electron chi connectivity index (χ1n) is 11.2. The van der Waals surface area contributed by atoms with Crippen molar-refractivity contribution in [1.82, 2.24) is 29.4 Å². The predicted molar refractivity (Wildman–Crippen MR) is 128 cm³/mol. The number of rotatable bonds is 6. The lowest BCUT2D eigenvalue weighted by atomic mass is 10.0. The summed E-state index contributed by atoms with van der Waals surface area (Å²) in [7, 11) is 0. The Kier molecular flexibility index (Phi) is 6.70. The Labute approximate surface area is 219 Å². The van der Waals surface area contributed by atoms with Crippen LogP contribution in [0.4, 0.5) is 31.1 Å². The van der Waals surface area contributed by atoms with E-state index in [-0.39, 0.29) is 29.6 Å². The summed E-state index contributed by atoms with van der Waals surface area (Å²) < 4.78 is 82.3. The van der Waals surface area contributed by atoms with Crippen molar-refractivity contribution < 1.29 is 35.9 Å². The predicted octanol–water partition coefficient (Wildman–Crippen LogP) is 5.45. The average Bonchev–Trinajstić information content (AvgIpc) is 3.58. The van der Waals surface area contributed by atoms with E-state index in [1.165, 1.54) is 34.3 Å². The zero-order valence-electron chi connectivity index (χ0n) is 19.6. The van der Waals surface area contributed by atoms with Gasteiger partial charge in [0.05, 0.1) is 40.8 Å². The van der Waals surface area contributed by atoms with Crippen LogP contribution >= 0.6 is 11.8 Å². The number of hydrogen-bond donors (Lipinski definition) is 0. The van der Waals surface area contributed by atoms with Crippen LogP contribution < -0.4 is 0 Å². The number of hydrogen-bond acceptors (Lipinski definition) is 6. The summed E-state index contributed by atoms with van der Waals surface area (Å²) >= 11 is 0.779. The topological polar surface area (TPSA) is 85.9 Å². The highest BCUT2D eigenvalue weighted by Crippen LogP contribution is 2.38. The number of carbonyl (C=O) groups excluding carboxylic acids is 2. The van der Waals surface area contributed by atoms with E-state index in [0.29, 0.717) is 22.5 Å². The number of halogens is 6. The molecule has 0 spiro atoms. The molecule has 1 aliphatic rings. The van der Waals surface area contributed by atoms with Crippen molar-refractivity contribution >= 4 is 39.9 Å². The number of carbonyl (C=O) groups is 2. The lowest BCUT2D eigenvalue weighted by molar-refractivity contribution is -0.143. The molecule has 4 aromatic rings. The second kappa shape index (κ2) is 9.87. The minimum absolute atomic E-state index is 0.0953. The van der Waals surface area contributed by atoms with Crippen LogP contribution in [0.15, 0.2) is 60.2 Å². The second-order valence-electron chi connectivity index (χ2n) is 8.48. The van der Waals surface area contributed by atoms with Gasteiger partial charge in [0.2, 0.25) is 0 Å². The van der Waals surface area contributed by atoms with Gasteiger partial charge in [-0.05, 0) is 53.2 Å². The fraction of sp³-hybridized carbons (Fsp3) is 0.208. The van der Waals surface area contributed by atoms with Crippen LogP contribution in [-0.2, 0) is 30.2 Å². The van der Waals surface area contributed by atoms with Crippen molar-refractivity contribution in [3.63, 3.8) is 0 Å². The van der Waals surface area contributed by atoms with Gasteiger partial charge in [0, 0.05) is 11.9 Å². The Bertz CT molecular complexity index is 1590. The second-order valence-corrected chi connectivity index (χ2v) is 9.47. The molecule has 2 aromatic heterocycles. The van der Waals surface area contributed by atoms with Crippen molar-refractivity contribution in [3.8, 4) is 0 Å². The standard InChI is InChI=1S/C24H16F6N6O2S/c25-23(26,27)17-3-2-15(18(9-17)24(28,29)30)11-36-19-4-1-14(7-16(19)10-32-36)8-20-21(37)35(22(38)39-20)6-5-34-13-31-12-33-34/h1-4,7-10,12-13H,5-6,11H2. The summed E-state index contributed by atoms with van der Waals surface area (Å²) in [6.45, 7) is -0.0209. The van der Waals surface area contributed by atoms with Crippen LogP contribution in [-0.4, -0.2) is 47.1 Å². The Morgan fingerprint density at radius 1 is 0.923 bits per heavy atom. The molecule has 0 saturated carbocycles. The van der Waals surface area contributed by atoms with Crippen molar-refractivity contribution in [2.75, 3.05) is 6.54 Å². The summed E-state index contributed by atoms with van der Waals surface area (Å²) in [5, 5.41) is 8.12. The van der Waals surface area contributed by atoms with E-state index in [0.717, 1.165) is 22.7 Å². The molecule has 0 atom stereocenters. The third-order valence-electron chi connectivity index (χ3n) is 5.92. The largest absolute Gasteiger partial charge is 0.416 e. The number of thioether (sulfide) groups is 1. The highest BCUT2D eigenvalue weighted by atomic mass is 32.2. The van der Waals surface area contributed by atoms with Gasteiger partial charge in [-0.25, -0.2) is 4.98 Å². The Balaban J connectivity index is 1.37. The van der Waals surface area contributed by atoms with Crippen LogP contribution in [0.2, 0.25) is 0 Å². The number of benzene rings is 2. The molecule has 1 aliphatic heterocycles. The van der Waals surface area contributed by atoms with E-state index in [1.807, 2.05) is 0 Å². The Hall–Kier alpha value is -4.14. The van der Waals surface area contributed by atoms with Crippen LogP contribution in [0.3, 0.4) is 0 Å². The molecule has 0 N–H and O–H groups in total. The highest BCUT2D eigenvalue weighted by Gasteiger charge is 2.38. The van der Waals surface area contributed by atoms with Crippen molar-refractivity contribution in [3.05, 3.63) is 82.4 Å². The summed E-state index contributed by atoms with van der Waals surface area (Å²) in [5.74, 6) is -0.470. The van der Waals surface area contributed by atoms with E-state index >= 15 is 0 Å². The van der Waals surface area contributed by atoms with E-state index in [2.05, 4.69) is 15.2 Å². The molecule has 8 nitrogen and oxygen atoms in total. The first-order chi connectivity index (χ1) is 18.4. The molecule has 2 aromatic carbocycles. The maximum atomic E-state index is 13.5. The smallest absolute Gasteiger partial charge is 0.268 e. The first-order valence-corrected chi connectivity index (χ1v) is 12.0. The molecular formula is C24H16F6N6O2S. The zero-order valence-corrected chi connectivity index (χ0v) is 20.4. The minimum atomic E-state index is -5.00. The van der Waals surface area contributed by atoms with Crippen LogP contribution in [0.1, 0.15) is 22.3 Å². The molecule has 1 fully saturated rings. The molecular weight excluding hydrogens is 550 g/mol. The van der Waals surface area contributed by atoms with Gasteiger partial charge in [-0.2, -0.15) is 36.5 Å². The number of aromatic nitrogens is 5. The third-order valence-corrected chi connectivity index (χ3v) is 6.83. The van der Waals surface area contributed by atoms with E-state index in [4.69, 9.17) is 0 Å². The van der Waals surface area contributed by atoms with Gasteiger partial charge >= 0.3 is 12.4 Å². The molecule has 3 heterocycles. The minimum Gasteiger partial charge on any atom is -0.268 e. The van der Waals surface area contributed by atoms with Gasteiger partial charge in [-0.3, -0.25) is 23.9 Å². The Morgan fingerprint density at radius 2 is 1.72 bits per heavy atom. The summed E-state index contributed by atoms with van der Waals surface area (Å²) in [4.78, 5) is 30.2. The van der Waals surface area contributed by atoms with E-state index < -0.39 is 41.2 Å². The van der Waals surface area contributed by atoms with Gasteiger partial charge < -0.3 is 0 Å². The molecule has 202 valence electrons. The van der Waals surface area contributed by atoms with Crippen LogP contribution in [0.5, 0.6) is 0 Å². The Morgan fingerprint density at radius 3 is 2.41 bits per heavy atom.